The Kier molecular flexibility index (Phi) is 3.06. The van der Waals surface area contributed by atoms with Crippen LogP contribution in [-0.4, -0.2) is 16.6 Å². The minimum absolute atomic E-state index is 0.132. The van der Waals surface area contributed by atoms with Crippen molar-refractivity contribution in [1.29, 1.82) is 0 Å². The van der Waals surface area contributed by atoms with Gasteiger partial charge in [-0.1, -0.05) is 0 Å². The Hall–Kier alpha value is -1.39. The molecule has 0 amide bonds. The maximum atomic E-state index is 5.76. The molecule has 1 fully saturated rings. The zero-order valence-corrected chi connectivity index (χ0v) is 10.7. The molecule has 0 aliphatic carbocycles. The predicted molar refractivity (Wildman–Crippen MR) is 71.3 cm³/mol. The summed E-state index contributed by atoms with van der Waals surface area (Å²) in [7, 11) is 0. The number of aryl methyl sites for hydroxylation is 1. The second-order valence-corrected chi connectivity index (χ2v) is 4.98. The number of hydrogen-bond acceptors (Lipinski definition) is 3. The first-order valence-electron chi connectivity index (χ1n) is 6.59. The smallest absolute Gasteiger partial charge is 0.136 e. The monoisotopic (exact) mass is 245 g/mol. The van der Waals surface area contributed by atoms with Gasteiger partial charge in [-0.15, -0.1) is 0 Å². The standard InChI is InChI=1S/C14H19N3O/c1-9-6-11-12(7-10(9)8-15)17-14(16-11)13-4-2-3-5-18-13/h6-7,13H,2-5,8,15H2,1H3,(H,16,17). The van der Waals surface area contributed by atoms with Gasteiger partial charge in [-0.2, -0.15) is 0 Å². The Bertz CT molecular complexity index is 555. The SMILES string of the molecule is Cc1cc2[nH]c(C3CCCCO3)nc2cc1CN. The fourth-order valence-corrected chi connectivity index (χ4v) is 2.56. The summed E-state index contributed by atoms with van der Waals surface area (Å²) < 4.78 is 5.76. The van der Waals surface area contributed by atoms with Crippen molar-refractivity contribution < 1.29 is 4.74 Å². The second kappa shape index (κ2) is 4.71. The normalized spacial score (nSPS) is 20.4. The Morgan fingerprint density at radius 2 is 2.33 bits per heavy atom. The van der Waals surface area contributed by atoms with Gasteiger partial charge in [-0.05, 0) is 49.4 Å². The topological polar surface area (TPSA) is 63.9 Å². The third-order valence-electron chi connectivity index (χ3n) is 3.66. The van der Waals surface area contributed by atoms with Gasteiger partial charge in [0.25, 0.3) is 0 Å². The number of ether oxygens (including phenoxy) is 1. The highest BCUT2D eigenvalue weighted by molar-refractivity contribution is 5.77. The van der Waals surface area contributed by atoms with Crippen LogP contribution in [0, 0.1) is 6.92 Å². The van der Waals surface area contributed by atoms with E-state index in [-0.39, 0.29) is 6.10 Å². The van der Waals surface area contributed by atoms with Crippen LogP contribution in [0.3, 0.4) is 0 Å². The highest BCUT2D eigenvalue weighted by Crippen LogP contribution is 2.28. The van der Waals surface area contributed by atoms with E-state index in [1.54, 1.807) is 0 Å². The zero-order valence-electron chi connectivity index (χ0n) is 10.7. The average molecular weight is 245 g/mol. The number of aromatic nitrogens is 2. The fourth-order valence-electron chi connectivity index (χ4n) is 2.56. The van der Waals surface area contributed by atoms with Crippen molar-refractivity contribution in [2.75, 3.05) is 6.61 Å². The summed E-state index contributed by atoms with van der Waals surface area (Å²) in [6.45, 7) is 3.48. The summed E-state index contributed by atoms with van der Waals surface area (Å²) >= 11 is 0. The lowest BCUT2D eigenvalue weighted by Crippen LogP contribution is -2.12. The fraction of sp³-hybridized carbons (Fsp3) is 0.500. The van der Waals surface area contributed by atoms with Crippen LogP contribution in [-0.2, 0) is 11.3 Å². The minimum Gasteiger partial charge on any atom is -0.370 e. The Morgan fingerprint density at radius 1 is 1.44 bits per heavy atom. The van der Waals surface area contributed by atoms with Gasteiger partial charge in [0.2, 0.25) is 0 Å². The number of benzene rings is 1. The quantitative estimate of drug-likeness (QED) is 0.854. The van der Waals surface area contributed by atoms with Crippen molar-refractivity contribution in [3.63, 3.8) is 0 Å². The molecule has 0 bridgehead atoms. The van der Waals surface area contributed by atoms with Crippen molar-refractivity contribution in [2.45, 2.75) is 38.8 Å². The second-order valence-electron chi connectivity index (χ2n) is 4.98. The van der Waals surface area contributed by atoms with Gasteiger partial charge in [0, 0.05) is 13.2 Å². The lowest BCUT2D eigenvalue weighted by atomic mass is 10.1. The molecule has 3 N–H and O–H groups in total. The van der Waals surface area contributed by atoms with Gasteiger partial charge in [0.05, 0.1) is 11.0 Å². The van der Waals surface area contributed by atoms with E-state index in [0.29, 0.717) is 6.54 Å². The number of nitrogens with one attached hydrogen (secondary N) is 1. The van der Waals surface area contributed by atoms with Crippen LogP contribution in [0.4, 0.5) is 0 Å². The summed E-state index contributed by atoms with van der Waals surface area (Å²) in [6, 6.07) is 4.20. The molecule has 0 radical (unpaired) electrons. The third-order valence-corrected chi connectivity index (χ3v) is 3.66. The Balaban J connectivity index is 1.99. The molecule has 2 aromatic rings. The molecule has 1 aliphatic heterocycles. The van der Waals surface area contributed by atoms with E-state index in [2.05, 4.69) is 29.0 Å². The van der Waals surface area contributed by atoms with Gasteiger partial charge in [-0.3, -0.25) is 0 Å². The number of nitrogens with zero attached hydrogens (tertiary/aromatic N) is 1. The van der Waals surface area contributed by atoms with Crippen LogP contribution in [0.2, 0.25) is 0 Å². The number of fused-ring (bicyclic) bond motifs is 1. The van der Waals surface area contributed by atoms with Crippen molar-refractivity contribution in [3.05, 3.63) is 29.1 Å². The van der Waals surface area contributed by atoms with Gasteiger partial charge >= 0.3 is 0 Å². The molecule has 1 aliphatic rings. The predicted octanol–water partition coefficient (Wildman–Crippen LogP) is 2.57. The molecule has 2 heterocycles. The maximum Gasteiger partial charge on any atom is 0.136 e. The molecular formula is C14H19N3O. The summed E-state index contributed by atoms with van der Waals surface area (Å²) in [6.07, 6.45) is 3.57. The van der Waals surface area contributed by atoms with Crippen molar-refractivity contribution >= 4 is 11.0 Å². The number of hydrogen-bond donors (Lipinski definition) is 2. The minimum atomic E-state index is 0.132. The van der Waals surface area contributed by atoms with Crippen LogP contribution in [0.1, 0.15) is 42.3 Å². The Labute approximate surface area is 107 Å². The molecule has 4 heteroatoms. The molecule has 1 saturated heterocycles. The molecule has 96 valence electrons. The van der Waals surface area contributed by atoms with E-state index < -0.39 is 0 Å². The van der Waals surface area contributed by atoms with Gasteiger partial charge in [-0.25, -0.2) is 4.98 Å². The van der Waals surface area contributed by atoms with Crippen LogP contribution in [0.15, 0.2) is 12.1 Å². The highest BCUT2D eigenvalue weighted by atomic mass is 16.5. The van der Waals surface area contributed by atoms with Gasteiger partial charge in [0.15, 0.2) is 0 Å². The summed E-state index contributed by atoms with van der Waals surface area (Å²) in [5.74, 6) is 0.957. The van der Waals surface area contributed by atoms with Gasteiger partial charge < -0.3 is 15.5 Å². The molecule has 0 saturated carbocycles. The zero-order chi connectivity index (χ0) is 12.5. The van der Waals surface area contributed by atoms with Crippen molar-refractivity contribution in [2.24, 2.45) is 5.73 Å². The molecule has 4 nitrogen and oxygen atoms in total. The first-order chi connectivity index (χ1) is 8.78. The molecule has 1 unspecified atom stereocenters. The highest BCUT2D eigenvalue weighted by Gasteiger charge is 2.19. The summed E-state index contributed by atoms with van der Waals surface area (Å²) in [4.78, 5) is 8.03. The van der Waals surface area contributed by atoms with Crippen molar-refractivity contribution in [3.8, 4) is 0 Å². The molecular weight excluding hydrogens is 226 g/mol. The van der Waals surface area contributed by atoms with E-state index in [4.69, 9.17) is 10.5 Å². The number of H-pyrrole nitrogens is 1. The molecule has 18 heavy (non-hydrogen) atoms. The first-order valence-corrected chi connectivity index (χ1v) is 6.59. The number of rotatable bonds is 2. The van der Waals surface area contributed by atoms with E-state index >= 15 is 0 Å². The lowest BCUT2D eigenvalue weighted by Gasteiger charge is -2.20. The largest absolute Gasteiger partial charge is 0.370 e. The van der Waals surface area contributed by atoms with Crippen LogP contribution in [0.5, 0.6) is 0 Å². The number of aromatic amines is 1. The first kappa shape index (κ1) is 11.7. The number of imidazole rings is 1. The van der Waals surface area contributed by atoms with Crippen LogP contribution < -0.4 is 5.73 Å². The summed E-state index contributed by atoms with van der Waals surface area (Å²) in [5, 5.41) is 0. The maximum absolute atomic E-state index is 5.76. The molecule has 0 spiro atoms. The van der Waals surface area contributed by atoms with E-state index in [9.17, 15) is 0 Å². The van der Waals surface area contributed by atoms with Crippen LogP contribution >= 0.6 is 0 Å². The molecule has 1 aromatic heterocycles. The molecule has 3 rings (SSSR count). The van der Waals surface area contributed by atoms with E-state index in [0.717, 1.165) is 41.9 Å². The van der Waals surface area contributed by atoms with Gasteiger partial charge in [0.1, 0.15) is 11.9 Å². The van der Waals surface area contributed by atoms with E-state index in [1.165, 1.54) is 12.0 Å². The van der Waals surface area contributed by atoms with Crippen LogP contribution in [0.25, 0.3) is 11.0 Å². The Morgan fingerprint density at radius 3 is 3.06 bits per heavy atom. The number of nitrogens with two attached hydrogens (primary N) is 1. The lowest BCUT2D eigenvalue weighted by molar-refractivity contribution is 0.0101. The molecule has 1 atom stereocenters. The third kappa shape index (κ3) is 2.02. The average Bonchev–Trinajstić information content (AvgIpc) is 2.81. The summed E-state index contributed by atoms with van der Waals surface area (Å²) in [5.41, 5.74) is 10.2. The molecule has 1 aromatic carbocycles. The van der Waals surface area contributed by atoms with Crippen molar-refractivity contribution in [1.82, 2.24) is 9.97 Å². The van der Waals surface area contributed by atoms with E-state index in [1.807, 2.05) is 0 Å².